The van der Waals surface area contributed by atoms with Gasteiger partial charge in [0.25, 0.3) is 0 Å². The number of hydrogen-bond donors (Lipinski definition) is 2. The van der Waals surface area contributed by atoms with Crippen molar-refractivity contribution in [3.63, 3.8) is 0 Å². The number of urea groups is 1. The van der Waals surface area contributed by atoms with Crippen molar-refractivity contribution >= 4 is 33.7 Å². The lowest BCUT2D eigenvalue weighted by molar-refractivity contribution is 0.247. The van der Waals surface area contributed by atoms with Crippen LogP contribution in [-0.2, 0) is 0 Å². The first kappa shape index (κ1) is 11.6. The highest BCUT2D eigenvalue weighted by molar-refractivity contribution is 9.09. The summed E-state index contributed by atoms with van der Waals surface area (Å²) in [4.78, 5) is 11.1. The van der Waals surface area contributed by atoms with Crippen molar-refractivity contribution in [2.24, 2.45) is 0 Å². The van der Waals surface area contributed by atoms with Gasteiger partial charge in [-0.05, 0) is 12.8 Å². The number of carbonyl (C=O) groups excluding carboxylic acids is 1. The molecule has 2 fully saturated rings. The van der Waals surface area contributed by atoms with Gasteiger partial charge in [0.05, 0.1) is 12.1 Å². The summed E-state index contributed by atoms with van der Waals surface area (Å²) in [6.07, 6.45) is 5.07. The van der Waals surface area contributed by atoms with Gasteiger partial charge in [-0.1, -0.05) is 28.8 Å². The maximum absolute atomic E-state index is 11.1. The Morgan fingerprint density at radius 1 is 1.33 bits per heavy atom. The molecule has 2 rings (SSSR count). The van der Waals surface area contributed by atoms with Gasteiger partial charge < -0.3 is 10.6 Å². The Morgan fingerprint density at radius 3 is 3.00 bits per heavy atom. The van der Waals surface area contributed by atoms with E-state index in [4.69, 9.17) is 0 Å². The van der Waals surface area contributed by atoms with E-state index in [9.17, 15) is 4.79 Å². The molecular formula is C10H17BrN2OS. The number of fused-ring (bicyclic) bond motifs is 1. The quantitative estimate of drug-likeness (QED) is 0.463. The fourth-order valence-electron chi connectivity index (χ4n) is 2.26. The van der Waals surface area contributed by atoms with Crippen LogP contribution in [0.3, 0.4) is 0 Å². The highest BCUT2D eigenvalue weighted by atomic mass is 79.9. The first-order chi connectivity index (χ1) is 7.31. The summed E-state index contributed by atoms with van der Waals surface area (Å²) in [6.45, 7) is 0. The number of thioether (sulfide) groups is 1. The van der Waals surface area contributed by atoms with Crippen LogP contribution in [-0.4, -0.2) is 34.4 Å². The molecule has 2 amide bonds. The third kappa shape index (κ3) is 2.81. The minimum absolute atomic E-state index is 0.0239. The molecule has 0 saturated carbocycles. The third-order valence-corrected chi connectivity index (χ3v) is 5.13. The zero-order chi connectivity index (χ0) is 10.7. The molecule has 0 bridgehead atoms. The van der Waals surface area contributed by atoms with E-state index in [2.05, 4.69) is 26.6 Å². The fourth-order valence-corrected chi connectivity index (χ4v) is 4.20. The second kappa shape index (κ2) is 5.43. The van der Waals surface area contributed by atoms with E-state index in [1.807, 2.05) is 11.8 Å². The van der Waals surface area contributed by atoms with Crippen LogP contribution in [0.15, 0.2) is 0 Å². The van der Waals surface area contributed by atoms with Crippen LogP contribution in [0.4, 0.5) is 4.79 Å². The molecule has 86 valence electrons. The molecule has 15 heavy (non-hydrogen) atoms. The molecule has 0 radical (unpaired) electrons. The molecule has 2 N–H and O–H groups in total. The summed E-state index contributed by atoms with van der Waals surface area (Å²) in [6, 6.07) is 0.783. The molecule has 0 aliphatic carbocycles. The number of nitrogens with one attached hydrogen (secondary N) is 2. The number of unbranched alkanes of at least 4 members (excludes halogenated alkanes) is 2. The molecule has 1 unspecified atom stereocenters. The Morgan fingerprint density at radius 2 is 2.20 bits per heavy atom. The molecule has 0 spiro atoms. The number of hydrogen-bond acceptors (Lipinski definition) is 2. The number of rotatable bonds is 5. The van der Waals surface area contributed by atoms with Gasteiger partial charge >= 0.3 is 6.03 Å². The summed E-state index contributed by atoms with van der Waals surface area (Å²) < 4.78 is 0. The minimum Gasteiger partial charge on any atom is -0.332 e. The van der Waals surface area contributed by atoms with E-state index in [1.54, 1.807) is 0 Å². The second-order valence-corrected chi connectivity index (χ2v) is 6.23. The molecule has 3 atom stereocenters. The van der Waals surface area contributed by atoms with Crippen molar-refractivity contribution < 1.29 is 4.79 Å². The Balaban J connectivity index is 1.72. The predicted molar refractivity (Wildman–Crippen MR) is 67.8 cm³/mol. The normalized spacial score (nSPS) is 33.7. The standard InChI is InChI=1S/C10H17BrN2OS/c11-5-3-1-2-4-8-9-7(6-15-8)12-10(14)13-9/h7-9H,1-6H2,(H2,12,13,14)/t7-,8?,9-/m1/s1. The van der Waals surface area contributed by atoms with Gasteiger partial charge in [-0.3, -0.25) is 0 Å². The smallest absolute Gasteiger partial charge is 0.315 e. The van der Waals surface area contributed by atoms with Crippen molar-refractivity contribution in [2.45, 2.75) is 43.0 Å². The number of alkyl halides is 1. The molecule has 0 aromatic carbocycles. The Bertz CT molecular complexity index is 239. The van der Waals surface area contributed by atoms with E-state index >= 15 is 0 Å². The molecule has 3 nitrogen and oxygen atoms in total. The molecule has 2 saturated heterocycles. The van der Waals surface area contributed by atoms with Crippen molar-refractivity contribution in [3.8, 4) is 0 Å². The average molecular weight is 293 g/mol. The Hall–Kier alpha value is 0.1000. The number of carbonyl (C=O) groups is 1. The van der Waals surface area contributed by atoms with Gasteiger partial charge in [-0.15, -0.1) is 0 Å². The van der Waals surface area contributed by atoms with Crippen molar-refractivity contribution in [1.29, 1.82) is 0 Å². The maximum Gasteiger partial charge on any atom is 0.315 e. The topological polar surface area (TPSA) is 41.1 Å². The van der Waals surface area contributed by atoms with E-state index in [1.165, 1.54) is 25.7 Å². The second-order valence-electron chi connectivity index (χ2n) is 4.16. The van der Waals surface area contributed by atoms with Crippen molar-refractivity contribution in [1.82, 2.24) is 10.6 Å². The first-order valence-corrected chi connectivity index (χ1v) is 7.73. The lowest BCUT2D eigenvalue weighted by Gasteiger charge is -2.16. The fraction of sp³-hybridized carbons (Fsp3) is 0.900. The van der Waals surface area contributed by atoms with Gasteiger partial charge in [0.15, 0.2) is 0 Å². The van der Waals surface area contributed by atoms with E-state index < -0.39 is 0 Å². The lowest BCUT2D eigenvalue weighted by Crippen LogP contribution is -2.36. The van der Waals surface area contributed by atoms with Gasteiger partial charge in [-0.25, -0.2) is 4.79 Å². The van der Waals surface area contributed by atoms with Crippen LogP contribution in [0.5, 0.6) is 0 Å². The zero-order valence-corrected chi connectivity index (χ0v) is 11.1. The lowest BCUT2D eigenvalue weighted by atomic mass is 10.0. The van der Waals surface area contributed by atoms with Crippen LogP contribution in [0.1, 0.15) is 25.7 Å². The molecule has 0 aromatic heterocycles. The molecule has 2 aliphatic heterocycles. The average Bonchev–Trinajstić information content (AvgIpc) is 2.73. The van der Waals surface area contributed by atoms with Gasteiger partial charge in [0.1, 0.15) is 0 Å². The highest BCUT2D eigenvalue weighted by Crippen LogP contribution is 2.33. The van der Waals surface area contributed by atoms with Crippen LogP contribution >= 0.6 is 27.7 Å². The summed E-state index contributed by atoms with van der Waals surface area (Å²) in [5, 5.41) is 7.73. The van der Waals surface area contributed by atoms with Gasteiger partial charge in [0, 0.05) is 16.3 Å². The Kier molecular flexibility index (Phi) is 4.20. The van der Waals surface area contributed by atoms with E-state index in [-0.39, 0.29) is 6.03 Å². The third-order valence-electron chi connectivity index (χ3n) is 3.06. The molecule has 2 heterocycles. The van der Waals surface area contributed by atoms with Crippen molar-refractivity contribution in [2.75, 3.05) is 11.1 Å². The van der Waals surface area contributed by atoms with Crippen LogP contribution in [0.2, 0.25) is 0 Å². The van der Waals surface area contributed by atoms with Gasteiger partial charge in [-0.2, -0.15) is 11.8 Å². The van der Waals surface area contributed by atoms with Crippen LogP contribution < -0.4 is 10.6 Å². The predicted octanol–water partition coefficient (Wildman–Crippen LogP) is 2.11. The highest BCUT2D eigenvalue weighted by Gasteiger charge is 2.42. The largest absolute Gasteiger partial charge is 0.332 e. The molecule has 5 heteroatoms. The summed E-state index contributed by atoms with van der Waals surface area (Å²) in [5.41, 5.74) is 0. The minimum atomic E-state index is 0.0239. The van der Waals surface area contributed by atoms with E-state index in [0.717, 1.165) is 11.1 Å². The summed E-state index contributed by atoms with van der Waals surface area (Å²) in [7, 11) is 0. The molecular weight excluding hydrogens is 276 g/mol. The van der Waals surface area contributed by atoms with Crippen LogP contribution in [0, 0.1) is 0 Å². The van der Waals surface area contributed by atoms with Crippen LogP contribution in [0.25, 0.3) is 0 Å². The Labute approximate surface area is 103 Å². The SMILES string of the molecule is O=C1N[C@@H]2CSC(CCCCCBr)[C@@H]2N1. The monoisotopic (exact) mass is 292 g/mol. The summed E-state index contributed by atoms with van der Waals surface area (Å²) >= 11 is 5.45. The first-order valence-electron chi connectivity index (χ1n) is 5.56. The van der Waals surface area contributed by atoms with Crippen molar-refractivity contribution in [3.05, 3.63) is 0 Å². The number of halogens is 1. The number of amides is 2. The molecule has 2 aliphatic rings. The molecule has 0 aromatic rings. The summed E-state index contributed by atoms with van der Waals surface area (Å²) in [5.74, 6) is 1.08. The zero-order valence-electron chi connectivity index (χ0n) is 8.67. The maximum atomic E-state index is 11.1. The van der Waals surface area contributed by atoms with Gasteiger partial charge in [0.2, 0.25) is 0 Å². The van der Waals surface area contributed by atoms with E-state index in [0.29, 0.717) is 17.3 Å².